The van der Waals surface area contributed by atoms with E-state index >= 15 is 0 Å². The van der Waals surface area contributed by atoms with E-state index in [2.05, 4.69) is 0 Å². The van der Waals surface area contributed by atoms with Gasteiger partial charge in [0.25, 0.3) is 0 Å². The van der Waals surface area contributed by atoms with Crippen molar-refractivity contribution in [2.45, 2.75) is 159 Å². The van der Waals surface area contributed by atoms with Gasteiger partial charge >= 0.3 is 23.9 Å². The summed E-state index contributed by atoms with van der Waals surface area (Å²) in [7, 11) is 0. The molecule has 0 heterocycles. The SMILES string of the molecule is CCC(C)(C)C(C)(N)OC(=O)c1ccc2c3ccc(C(=O)OC(C)(N)C(C)(C)CC)c4c(C(=O)OC(C)(N)C(C)(C)CC)ccc(c5ccc(C(=O)OC(C)(N)C(C)(C)CC)c1c25)c43. The van der Waals surface area contributed by atoms with E-state index in [1.54, 1.807) is 76.2 Å². The van der Waals surface area contributed by atoms with Gasteiger partial charge in [0.15, 0.2) is 22.9 Å². The lowest BCUT2D eigenvalue weighted by Gasteiger charge is -2.40. The van der Waals surface area contributed by atoms with Crippen molar-refractivity contribution in [2.75, 3.05) is 0 Å². The molecular weight excluding hydrogens is 809 g/mol. The zero-order valence-electron chi connectivity index (χ0n) is 41.0. The minimum absolute atomic E-state index is 0.0891. The van der Waals surface area contributed by atoms with Crippen LogP contribution in [0.2, 0.25) is 0 Å². The molecule has 0 fully saturated rings. The summed E-state index contributed by atoms with van der Waals surface area (Å²) in [6.45, 7) is 29.9. The molecule has 64 heavy (non-hydrogen) atoms. The number of hydrogen-bond acceptors (Lipinski definition) is 12. The van der Waals surface area contributed by atoms with Crippen LogP contribution in [0.5, 0.6) is 0 Å². The van der Waals surface area contributed by atoms with Gasteiger partial charge in [-0.3, -0.25) is 22.9 Å². The van der Waals surface area contributed by atoms with Crippen molar-refractivity contribution >= 4 is 67.0 Å². The number of rotatable bonds is 16. The van der Waals surface area contributed by atoms with E-state index < -0.39 is 68.4 Å². The minimum atomic E-state index is -1.40. The van der Waals surface area contributed by atoms with Crippen LogP contribution in [0.25, 0.3) is 43.1 Å². The summed E-state index contributed by atoms with van der Waals surface area (Å²) in [4.78, 5) is 58.1. The third-order valence-electron chi connectivity index (χ3n) is 15.9. The van der Waals surface area contributed by atoms with Crippen LogP contribution < -0.4 is 22.9 Å². The third kappa shape index (κ3) is 8.31. The van der Waals surface area contributed by atoms with E-state index in [9.17, 15) is 19.2 Å². The number of esters is 4. The Morgan fingerprint density at radius 3 is 0.672 bits per heavy atom. The first-order valence-corrected chi connectivity index (χ1v) is 22.5. The van der Waals surface area contributed by atoms with Crippen molar-refractivity contribution < 1.29 is 38.1 Å². The monoisotopic (exact) mass is 881 g/mol. The second-order valence-corrected chi connectivity index (χ2v) is 21.1. The van der Waals surface area contributed by atoms with Crippen LogP contribution in [0.3, 0.4) is 0 Å². The normalized spacial score (nSPS) is 16.8. The topological polar surface area (TPSA) is 209 Å². The molecule has 0 aliphatic carbocycles. The maximum absolute atomic E-state index is 14.5. The first kappa shape index (κ1) is 50.1. The Balaban J connectivity index is 1.93. The molecule has 4 atom stereocenters. The Bertz CT molecular complexity index is 2300. The predicted molar refractivity (Wildman–Crippen MR) is 256 cm³/mol. The Labute approximate surface area is 378 Å². The van der Waals surface area contributed by atoms with Crippen molar-refractivity contribution in [3.05, 3.63) is 70.8 Å². The Hall–Kier alpha value is -4.88. The highest BCUT2D eigenvalue weighted by Crippen LogP contribution is 2.46. The van der Waals surface area contributed by atoms with Crippen molar-refractivity contribution in [2.24, 2.45) is 44.6 Å². The number of ether oxygens (including phenoxy) is 4. The van der Waals surface area contributed by atoms with E-state index in [0.29, 0.717) is 58.0 Å². The molecule has 4 unspecified atom stereocenters. The molecule has 12 nitrogen and oxygen atoms in total. The number of nitrogens with two attached hydrogens (primary N) is 4. The molecule has 0 aliphatic heterocycles. The molecule has 0 spiro atoms. The van der Waals surface area contributed by atoms with E-state index in [1.807, 2.05) is 83.1 Å². The molecule has 348 valence electrons. The molecule has 5 rings (SSSR count). The molecule has 0 aromatic heterocycles. The number of hydrogen-bond donors (Lipinski definition) is 4. The molecule has 0 aliphatic rings. The molecular formula is C52H72N4O8. The van der Waals surface area contributed by atoms with Crippen molar-refractivity contribution in [1.29, 1.82) is 0 Å². The van der Waals surface area contributed by atoms with Gasteiger partial charge in [-0.1, -0.05) is 107 Å². The average molecular weight is 881 g/mol. The zero-order valence-corrected chi connectivity index (χ0v) is 41.0. The lowest BCUT2D eigenvalue weighted by atomic mass is 9.79. The second-order valence-electron chi connectivity index (χ2n) is 21.1. The fourth-order valence-electron chi connectivity index (χ4n) is 7.52. The third-order valence-corrected chi connectivity index (χ3v) is 15.9. The molecule has 0 saturated heterocycles. The van der Waals surface area contributed by atoms with Gasteiger partial charge < -0.3 is 18.9 Å². The summed E-state index contributed by atoms with van der Waals surface area (Å²) < 4.78 is 24.5. The Morgan fingerprint density at radius 2 is 0.516 bits per heavy atom. The lowest BCUT2D eigenvalue weighted by Crippen LogP contribution is -2.53. The maximum Gasteiger partial charge on any atom is 0.340 e. The standard InChI is InChI=1S/C52H72N4O8/c1-17-45(5,6)49(13,53)61-41(57)33-25-21-29-31-23-27-35(43(59)63-51(15,55)47(9,10)19-3)40-36(44(60)64-52(16,56)48(11,12)20-4)28-24-32(38(31)40)30-22-26-34(39(33)37(29)30)42(58)62-50(14,54)46(7,8)18-2/h21-28H,17-20,53-56H2,1-16H3. The van der Waals surface area contributed by atoms with Gasteiger partial charge in [-0.2, -0.15) is 0 Å². The van der Waals surface area contributed by atoms with Crippen molar-refractivity contribution in [3.63, 3.8) is 0 Å². The van der Waals surface area contributed by atoms with Gasteiger partial charge in [-0.05, 0) is 110 Å². The summed E-state index contributed by atoms with van der Waals surface area (Å²) in [6, 6.07) is 13.5. The maximum atomic E-state index is 14.5. The lowest BCUT2D eigenvalue weighted by molar-refractivity contribution is -0.0726. The predicted octanol–water partition coefficient (Wildman–Crippen LogP) is 10.8. The summed E-state index contributed by atoms with van der Waals surface area (Å²) >= 11 is 0. The fraction of sp³-hybridized carbons (Fsp3) is 0.538. The van der Waals surface area contributed by atoms with Crippen LogP contribution >= 0.6 is 0 Å². The summed E-state index contributed by atoms with van der Waals surface area (Å²) in [5, 5.41) is 4.07. The van der Waals surface area contributed by atoms with Gasteiger partial charge in [0.1, 0.15) is 0 Å². The number of benzene rings is 5. The smallest absolute Gasteiger partial charge is 0.340 e. The number of fused-ring (bicyclic) bond motifs is 2. The largest absolute Gasteiger partial charge is 0.440 e. The molecule has 8 N–H and O–H groups in total. The summed E-state index contributed by atoms with van der Waals surface area (Å²) in [5.74, 6) is -2.94. The molecule has 12 heteroatoms. The van der Waals surface area contributed by atoms with Crippen LogP contribution in [-0.2, 0) is 18.9 Å². The molecule has 0 saturated carbocycles. The Morgan fingerprint density at radius 1 is 0.344 bits per heavy atom. The van der Waals surface area contributed by atoms with E-state index in [4.69, 9.17) is 41.9 Å². The van der Waals surface area contributed by atoms with Gasteiger partial charge in [0, 0.05) is 32.4 Å². The van der Waals surface area contributed by atoms with Crippen LogP contribution in [0.4, 0.5) is 0 Å². The number of carbonyl (C=O) groups excluding carboxylic acids is 4. The molecule has 0 radical (unpaired) electrons. The Kier molecular flexibility index (Phi) is 12.9. The molecule has 0 amide bonds. The zero-order chi connectivity index (χ0) is 48.6. The second kappa shape index (κ2) is 16.5. The summed E-state index contributed by atoms with van der Waals surface area (Å²) in [5.41, 5.74) is 19.2. The highest BCUT2D eigenvalue weighted by Gasteiger charge is 2.45. The van der Waals surface area contributed by atoms with Crippen LogP contribution in [0, 0.1) is 21.7 Å². The van der Waals surface area contributed by atoms with Crippen LogP contribution in [0.15, 0.2) is 48.5 Å². The minimum Gasteiger partial charge on any atom is -0.440 e. The van der Waals surface area contributed by atoms with Crippen LogP contribution in [-0.4, -0.2) is 46.8 Å². The molecule has 5 aromatic rings. The number of carbonyl (C=O) groups is 4. The highest BCUT2D eigenvalue weighted by atomic mass is 16.6. The molecule has 0 bridgehead atoms. The fourth-order valence-corrected chi connectivity index (χ4v) is 7.52. The van der Waals surface area contributed by atoms with Gasteiger partial charge in [-0.25, -0.2) is 19.2 Å². The average Bonchev–Trinajstić information content (AvgIpc) is 3.20. The van der Waals surface area contributed by atoms with E-state index in [-0.39, 0.29) is 33.0 Å². The van der Waals surface area contributed by atoms with Crippen molar-refractivity contribution in [1.82, 2.24) is 0 Å². The van der Waals surface area contributed by atoms with E-state index in [1.165, 1.54) is 0 Å². The summed E-state index contributed by atoms with van der Waals surface area (Å²) in [6.07, 6.45) is 2.46. The van der Waals surface area contributed by atoms with Crippen LogP contribution in [0.1, 0.15) is 178 Å². The first-order chi connectivity index (χ1) is 29.2. The van der Waals surface area contributed by atoms with Gasteiger partial charge in [0.2, 0.25) is 0 Å². The quantitative estimate of drug-likeness (QED) is 0.0240. The first-order valence-electron chi connectivity index (χ1n) is 22.5. The molecule has 5 aromatic carbocycles. The van der Waals surface area contributed by atoms with Crippen molar-refractivity contribution in [3.8, 4) is 0 Å². The van der Waals surface area contributed by atoms with E-state index in [0.717, 1.165) is 0 Å². The highest BCUT2D eigenvalue weighted by molar-refractivity contribution is 6.38. The van der Waals surface area contributed by atoms with Gasteiger partial charge in [-0.15, -0.1) is 0 Å². The van der Waals surface area contributed by atoms with Gasteiger partial charge in [0.05, 0.1) is 22.3 Å².